The fraction of sp³-hybridized carbons (Fsp3) is 0.435. The molecule has 6 unspecified atom stereocenters. The first kappa shape index (κ1) is 19.9. The predicted molar refractivity (Wildman–Crippen MR) is 132 cm³/mol. The fourth-order valence-corrected chi connectivity index (χ4v) is 7.87. The van der Waals surface area contributed by atoms with E-state index in [4.69, 9.17) is 10.5 Å². The molecule has 0 saturated carbocycles. The minimum Gasteiger partial charge on any atom is -0.383 e. The first-order chi connectivity index (χ1) is 15.2. The average molecular weight is 454 g/mol. The molecule has 6 rings (SSSR count). The highest BCUT2D eigenvalue weighted by Gasteiger charge is 2.52. The highest BCUT2D eigenvalue weighted by molar-refractivity contribution is 8.29. The molecular formula is C23H27N5OS2. The van der Waals surface area contributed by atoms with E-state index >= 15 is 0 Å². The molecule has 0 bridgehead atoms. The van der Waals surface area contributed by atoms with Gasteiger partial charge in [-0.1, -0.05) is 34.8 Å². The van der Waals surface area contributed by atoms with E-state index in [0.717, 1.165) is 31.1 Å². The molecule has 5 aliphatic rings. The zero-order valence-electron chi connectivity index (χ0n) is 17.3. The molecule has 2 fully saturated rings. The second kappa shape index (κ2) is 8.01. The Morgan fingerprint density at radius 2 is 2.32 bits per heavy atom. The zero-order chi connectivity index (χ0) is 20.9. The standard InChI is InChI=1S/C23H27N5OS2/c1-31(20-12-18-19(30-20)3-2-8-25-18)27-17-7-10-28(23-21(17)29-23)13-14-4-5-15-6-9-26-22(24)16(15)11-14/h2-3,5-6,8-9,11-12,14,17-19,21,23,27H,1,4,7,10,13H2,(H2,24,26)/t14?,17-,18?,19?,21?,23?,31?/m0/s1. The van der Waals surface area contributed by atoms with E-state index in [9.17, 15) is 0 Å². The Kier molecular flexibility index (Phi) is 5.15. The van der Waals surface area contributed by atoms with Crippen molar-refractivity contribution in [2.75, 3.05) is 18.8 Å². The summed E-state index contributed by atoms with van der Waals surface area (Å²) in [6.07, 6.45) is 17.5. The van der Waals surface area contributed by atoms with Crippen LogP contribution in [-0.4, -0.2) is 64.7 Å². The van der Waals surface area contributed by atoms with Crippen molar-refractivity contribution in [3.63, 3.8) is 0 Å². The monoisotopic (exact) mass is 453 g/mol. The average Bonchev–Trinajstić information content (AvgIpc) is 3.47. The molecule has 0 spiro atoms. The number of hydrogen-bond donors (Lipinski definition) is 2. The van der Waals surface area contributed by atoms with Gasteiger partial charge in [0, 0.05) is 41.0 Å². The number of thioether (sulfide) groups is 1. The number of piperidine rings is 1. The second-order valence-corrected chi connectivity index (χ2v) is 11.6. The molecule has 4 aliphatic heterocycles. The number of hydrogen-bond acceptors (Lipinski definition) is 7. The molecule has 0 aromatic carbocycles. The number of rotatable bonds is 5. The quantitative estimate of drug-likeness (QED) is 0.516. The van der Waals surface area contributed by atoms with E-state index in [-0.39, 0.29) is 29.0 Å². The van der Waals surface area contributed by atoms with Crippen LogP contribution in [0.2, 0.25) is 0 Å². The Hall–Kier alpha value is -1.71. The molecule has 1 aliphatic carbocycles. The smallest absolute Gasteiger partial charge is 0.139 e. The van der Waals surface area contributed by atoms with Crippen LogP contribution < -0.4 is 20.9 Å². The molecular weight excluding hydrogens is 426 g/mol. The van der Waals surface area contributed by atoms with Crippen LogP contribution in [0.5, 0.6) is 0 Å². The number of likely N-dealkylation sites (tertiary alicyclic amines) is 1. The van der Waals surface area contributed by atoms with Gasteiger partial charge in [0.2, 0.25) is 0 Å². The van der Waals surface area contributed by atoms with Gasteiger partial charge < -0.3 is 10.5 Å². The number of nitrogens with one attached hydrogen (secondary N) is 1. The molecule has 7 atom stereocenters. The largest absolute Gasteiger partial charge is 0.383 e. The Balaban J connectivity index is 1.06. The molecule has 2 saturated heterocycles. The van der Waals surface area contributed by atoms with Crippen LogP contribution in [0, 0.1) is 5.92 Å². The van der Waals surface area contributed by atoms with Crippen molar-refractivity contribution in [2.45, 2.75) is 42.5 Å². The van der Waals surface area contributed by atoms with E-state index in [2.05, 4.69) is 49.8 Å². The maximum absolute atomic E-state index is 6.11. The van der Waals surface area contributed by atoms with Gasteiger partial charge in [-0.15, -0.1) is 11.8 Å². The summed E-state index contributed by atoms with van der Waals surface area (Å²) in [4.78, 5) is 11.3. The summed E-state index contributed by atoms with van der Waals surface area (Å²) in [6, 6.07) is 2.68. The second-order valence-electron chi connectivity index (χ2n) is 8.70. The van der Waals surface area contributed by atoms with Gasteiger partial charge in [0.15, 0.2) is 0 Å². The molecule has 162 valence electrons. The Morgan fingerprint density at radius 1 is 1.39 bits per heavy atom. The lowest BCUT2D eigenvalue weighted by molar-refractivity contribution is 0.161. The number of aliphatic imine (C=N–C) groups is 1. The number of nitrogen functional groups attached to an aromatic ring is 1. The topological polar surface area (TPSA) is 79.1 Å². The maximum Gasteiger partial charge on any atom is 0.139 e. The lowest BCUT2D eigenvalue weighted by Gasteiger charge is -2.31. The van der Waals surface area contributed by atoms with E-state index in [1.807, 2.05) is 30.1 Å². The molecule has 1 aromatic rings. The molecule has 3 N–H and O–H groups in total. The normalized spacial score (nSPS) is 36.5. The number of nitrogens with two attached hydrogens (primary N) is 1. The van der Waals surface area contributed by atoms with Crippen molar-refractivity contribution >= 4 is 52.5 Å². The van der Waals surface area contributed by atoms with Crippen molar-refractivity contribution in [1.29, 1.82) is 0 Å². The summed E-state index contributed by atoms with van der Waals surface area (Å²) >= 11 is 1.90. The summed E-state index contributed by atoms with van der Waals surface area (Å²) in [7, 11) is -0.213. The summed E-state index contributed by atoms with van der Waals surface area (Å²) in [6.45, 7) is 2.04. The lowest BCUT2D eigenvalue weighted by atomic mass is 9.96. The van der Waals surface area contributed by atoms with Crippen molar-refractivity contribution < 1.29 is 4.74 Å². The van der Waals surface area contributed by atoms with Crippen molar-refractivity contribution in [2.24, 2.45) is 10.9 Å². The van der Waals surface area contributed by atoms with E-state index in [1.165, 1.54) is 9.46 Å². The van der Waals surface area contributed by atoms with Gasteiger partial charge in [-0.2, -0.15) is 0 Å². The van der Waals surface area contributed by atoms with Gasteiger partial charge in [0.05, 0.1) is 11.3 Å². The number of nitrogens with zero attached hydrogens (tertiary/aromatic N) is 3. The number of allylic oxidation sites excluding steroid dienone is 1. The molecule has 6 nitrogen and oxygen atoms in total. The number of fused-ring (bicyclic) bond motifs is 3. The molecule has 31 heavy (non-hydrogen) atoms. The maximum atomic E-state index is 6.11. The minimum atomic E-state index is -0.213. The molecule has 0 radical (unpaired) electrons. The number of aromatic nitrogens is 1. The van der Waals surface area contributed by atoms with Crippen molar-refractivity contribution in [1.82, 2.24) is 14.6 Å². The first-order valence-electron chi connectivity index (χ1n) is 10.9. The van der Waals surface area contributed by atoms with Gasteiger partial charge >= 0.3 is 0 Å². The van der Waals surface area contributed by atoms with Gasteiger partial charge in [-0.05, 0) is 42.2 Å². The van der Waals surface area contributed by atoms with E-state index in [0.29, 0.717) is 23.0 Å². The van der Waals surface area contributed by atoms with Gasteiger partial charge in [0.1, 0.15) is 18.1 Å². The van der Waals surface area contributed by atoms with E-state index in [1.54, 1.807) is 6.20 Å². The summed E-state index contributed by atoms with van der Waals surface area (Å²) in [5, 5.41) is 2.73. The van der Waals surface area contributed by atoms with E-state index < -0.39 is 0 Å². The van der Waals surface area contributed by atoms with Gasteiger partial charge in [-0.25, -0.2) is 4.98 Å². The summed E-state index contributed by atoms with van der Waals surface area (Å²) in [5.74, 6) is 5.50. The SMILES string of the molecule is C=S(N[C@H]1CCN(CC2C=c3c(N)nccc3=CC2)C2OC21)C1=CC2N=CC=CC2S1. The Labute approximate surface area is 189 Å². The van der Waals surface area contributed by atoms with Crippen molar-refractivity contribution in [3.05, 3.63) is 45.2 Å². The number of dihydropyridines is 1. The van der Waals surface area contributed by atoms with Crippen LogP contribution >= 0.6 is 22.4 Å². The van der Waals surface area contributed by atoms with Crippen LogP contribution in [0.3, 0.4) is 0 Å². The Bertz CT molecular complexity index is 1130. The van der Waals surface area contributed by atoms with Crippen LogP contribution in [0.25, 0.3) is 12.2 Å². The number of anilines is 1. The fourth-order valence-electron chi connectivity index (χ4n) is 4.94. The molecule has 8 heteroatoms. The number of pyridine rings is 1. The highest BCUT2D eigenvalue weighted by Crippen LogP contribution is 2.45. The number of ether oxygens (including phenoxy) is 1. The third-order valence-corrected chi connectivity index (χ3v) is 9.81. The van der Waals surface area contributed by atoms with Gasteiger partial charge in [0.25, 0.3) is 0 Å². The molecule has 0 amide bonds. The van der Waals surface area contributed by atoms with Gasteiger partial charge in [-0.3, -0.25) is 14.6 Å². The Morgan fingerprint density at radius 3 is 3.23 bits per heavy atom. The summed E-state index contributed by atoms with van der Waals surface area (Å²) in [5.41, 5.74) is 6.10. The van der Waals surface area contributed by atoms with Crippen molar-refractivity contribution in [3.8, 4) is 0 Å². The highest BCUT2D eigenvalue weighted by atomic mass is 32.2. The third-order valence-electron chi connectivity index (χ3n) is 6.63. The molecule has 5 heterocycles. The molecule has 1 aromatic heterocycles. The minimum absolute atomic E-state index is 0.213. The first-order valence-corrected chi connectivity index (χ1v) is 13.1. The van der Waals surface area contributed by atoms with Crippen LogP contribution in [-0.2, 0) is 4.74 Å². The lowest BCUT2D eigenvalue weighted by Crippen LogP contribution is -2.46. The van der Waals surface area contributed by atoms with Crippen LogP contribution in [0.4, 0.5) is 5.82 Å². The summed E-state index contributed by atoms with van der Waals surface area (Å²) < 4.78 is 11.2. The third kappa shape index (κ3) is 3.85. The van der Waals surface area contributed by atoms with Crippen LogP contribution in [0.15, 0.2) is 39.7 Å². The number of epoxide rings is 1. The predicted octanol–water partition coefficient (Wildman–Crippen LogP) is 1.22. The zero-order valence-corrected chi connectivity index (χ0v) is 18.9. The van der Waals surface area contributed by atoms with Crippen LogP contribution in [0.1, 0.15) is 12.8 Å².